The van der Waals surface area contributed by atoms with Gasteiger partial charge in [-0.2, -0.15) is 0 Å². The molecule has 1 aromatic heterocycles. The number of benzene rings is 2. The fourth-order valence-electron chi connectivity index (χ4n) is 4.15. The van der Waals surface area contributed by atoms with Crippen molar-refractivity contribution < 1.29 is 4.79 Å². The third-order valence-electron chi connectivity index (χ3n) is 5.84. The average molecular weight is 393 g/mol. The second kappa shape index (κ2) is 8.15. The normalized spacial score (nSPS) is 14.3. The first-order valence-electron chi connectivity index (χ1n) is 10.3. The van der Waals surface area contributed by atoms with E-state index in [1.807, 2.05) is 36.4 Å². The molecule has 1 amide bonds. The molecule has 3 aromatic rings. The van der Waals surface area contributed by atoms with Crippen LogP contribution in [0.15, 0.2) is 47.3 Å². The number of rotatable bonds is 5. The Labute approximate surface area is 170 Å². The minimum atomic E-state index is -0.0582. The summed E-state index contributed by atoms with van der Waals surface area (Å²) in [6.45, 7) is 1.94. The molecule has 0 spiro atoms. The summed E-state index contributed by atoms with van der Waals surface area (Å²) < 4.78 is 3.30. The number of carbonyl (C=O) groups is 1. The third kappa shape index (κ3) is 3.92. The van der Waals surface area contributed by atoms with E-state index in [-0.39, 0.29) is 11.6 Å². The van der Waals surface area contributed by atoms with Crippen LogP contribution in [0.2, 0.25) is 0 Å². The molecule has 0 unspecified atom stereocenters. The number of hydrogen-bond donors (Lipinski definition) is 1. The molecule has 0 saturated carbocycles. The predicted octanol–water partition coefficient (Wildman–Crippen LogP) is 3.44. The second-order valence-electron chi connectivity index (χ2n) is 7.84. The van der Waals surface area contributed by atoms with E-state index in [0.29, 0.717) is 12.8 Å². The van der Waals surface area contributed by atoms with E-state index in [9.17, 15) is 9.59 Å². The predicted molar refractivity (Wildman–Crippen MR) is 118 cm³/mol. The molecule has 6 nitrogen and oxygen atoms in total. The van der Waals surface area contributed by atoms with Crippen molar-refractivity contribution >= 4 is 28.3 Å². The largest absolute Gasteiger partial charge is 0.370 e. The molecule has 1 fully saturated rings. The van der Waals surface area contributed by atoms with Gasteiger partial charge in [0, 0.05) is 33.6 Å². The Hall–Kier alpha value is -3.02. The van der Waals surface area contributed by atoms with Crippen LogP contribution in [0.3, 0.4) is 0 Å². The molecule has 152 valence electrons. The monoisotopic (exact) mass is 392 g/mol. The molecule has 1 aliphatic heterocycles. The summed E-state index contributed by atoms with van der Waals surface area (Å²) in [7, 11) is 3.56. The van der Waals surface area contributed by atoms with Crippen molar-refractivity contribution in [3.63, 3.8) is 0 Å². The van der Waals surface area contributed by atoms with Crippen LogP contribution in [0, 0.1) is 0 Å². The molecule has 0 bridgehead atoms. The number of piperidine rings is 1. The fourth-order valence-corrected chi connectivity index (χ4v) is 4.15. The van der Waals surface area contributed by atoms with Gasteiger partial charge >= 0.3 is 5.69 Å². The molecule has 1 aliphatic rings. The maximum Gasteiger partial charge on any atom is 0.328 e. The zero-order chi connectivity index (χ0) is 20.4. The number of aromatic nitrogens is 2. The second-order valence-corrected chi connectivity index (χ2v) is 7.84. The van der Waals surface area contributed by atoms with E-state index >= 15 is 0 Å². The van der Waals surface area contributed by atoms with Gasteiger partial charge in [0.15, 0.2) is 0 Å². The molecule has 2 heterocycles. The fraction of sp³-hybridized carbons (Fsp3) is 0.391. The average Bonchev–Trinajstić information content (AvgIpc) is 2.97. The molecule has 1 saturated heterocycles. The van der Waals surface area contributed by atoms with Gasteiger partial charge in [0.25, 0.3) is 0 Å². The van der Waals surface area contributed by atoms with Crippen LogP contribution in [0.4, 0.5) is 11.4 Å². The molecule has 2 aromatic carbocycles. The highest BCUT2D eigenvalue weighted by Gasteiger charge is 2.19. The van der Waals surface area contributed by atoms with E-state index < -0.39 is 0 Å². The molecule has 29 heavy (non-hydrogen) atoms. The number of carbonyl (C=O) groups excluding carboxylic acids is 1. The van der Waals surface area contributed by atoms with Crippen molar-refractivity contribution in [1.82, 2.24) is 9.13 Å². The highest BCUT2D eigenvalue weighted by molar-refractivity contribution is 5.98. The lowest BCUT2D eigenvalue weighted by Gasteiger charge is -2.30. The van der Waals surface area contributed by atoms with E-state index in [2.05, 4.69) is 16.3 Å². The molecule has 4 rings (SSSR count). The summed E-state index contributed by atoms with van der Waals surface area (Å²) in [6.07, 6.45) is 4.66. The van der Waals surface area contributed by atoms with Crippen molar-refractivity contribution in [2.45, 2.75) is 32.1 Å². The van der Waals surface area contributed by atoms with Crippen molar-refractivity contribution in [3.05, 3.63) is 58.5 Å². The lowest BCUT2D eigenvalue weighted by molar-refractivity contribution is -0.116. The maximum atomic E-state index is 12.7. The van der Waals surface area contributed by atoms with Crippen molar-refractivity contribution in [3.8, 4) is 0 Å². The van der Waals surface area contributed by atoms with Crippen molar-refractivity contribution in [1.29, 1.82) is 0 Å². The van der Waals surface area contributed by atoms with E-state index in [0.717, 1.165) is 53.9 Å². The van der Waals surface area contributed by atoms with E-state index in [4.69, 9.17) is 0 Å². The smallest absolute Gasteiger partial charge is 0.328 e. The summed E-state index contributed by atoms with van der Waals surface area (Å²) >= 11 is 0. The Morgan fingerprint density at radius 1 is 0.966 bits per heavy atom. The quantitative estimate of drug-likeness (QED) is 0.724. The zero-order valence-electron chi connectivity index (χ0n) is 17.1. The van der Waals surface area contributed by atoms with Crippen LogP contribution >= 0.6 is 0 Å². The van der Waals surface area contributed by atoms with Crippen LogP contribution < -0.4 is 15.9 Å². The van der Waals surface area contributed by atoms with Crippen molar-refractivity contribution in [2.24, 2.45) is 14.1 Å². The van der Waals surface area contributed by atoms with Crippen molar-refractivity contribution in [2.75, 3.05) is 23.3 Å². The Kier molecular flexibility index (Phi) is 5.43. The molecule has 0 aliphatic carbocycles. The van der Waals surface area contributed by atoms with Gasteiger partial charge in [-0.3, -0.25) is 13.9 Å². The van der Waals surface area contributed by atoms with Gasteiger partial charge < -0.3 is 10.2 Å². The zero-order valence-corrected chi connectivity index (χ0v) is 17.1. The minimum Gasteiger partial charge on any atom is -0.370 e. The number of amides is 1. The number of aryl methyl sites for hydroxylation is 3. The summed E-state index contributed by atoms with van der Waals surface area (Å²) in [4.78, 5) is 27.4. The number of nitrogens with one attached hydrogen (secondary N) is 1. The van der Waals surface area contributed by atoms with Gasteiger partial charge in [-0.05, 0) is 43.4 Å². The minimum absolute atomic E-state index is 0.00704. The van der Waals surface area contributed by atoms with Gasteiger partial charge in [0.05, 0.1) is 22.4 Å². The van der Waals surface area contributed by atoms with Gasteiger partial charge in [0.2, 0.25) is 5.91 Å². The summed E-state index contributed by atoms with van der Waals surface area (Å²) in [6, 6.07) is 14.0. The summed E-state index contributed by atoms with van der Waals surface area (Å²) in [5.41, 5.74) is 4.61. The first-order chi connectivity index (χ1) is 14.0. The topological polar surface area (TPSA) is 59.3 Å². The standard InChI is InChI=1S/C23H28N4O2/c1-25-20-15-18(24-22(28)12-11-17-9-5-3-6-10-17)19(27-13-7-4-8-14-27)16-21(20)26(2)23(25)29/h3,5-6,9-10,15-16H,4,7-8,11-14H2,1-2H3,(H,24,28). The number of hydrogen-bond acceptors (Lipinski definition) is 3. The van der Waals surface area contributed by atoms with Crippen LogP contribution in [0.1, 0.15) is 31.2 Å². The van der Waals surface area contributed by atoms with Gasteiger partial charge in [-0.1, -0.05) is 30.3 Å². The van der Waals surface area contributed by atoms with Gasteiger partial charge in [-0.25, -0.2) is 4.79 Å². The summed E-state index contributed by atoms with van der Waals surface area (Å²) in [5.74, 6) is -0.00704. The number of nitrogens with zero attached hydrogens (tertiary/aromatic N) is 3. The van der Waals surface area contributed by atoms with Crippen LogP contribution in [-0.2, 0) is 25.3 Å². The number of anilines is 2. The molecular weight excluding hydrogens is 364 g/mol. The highest BCUT2D eigenvalue weighted by atomic mass is 16.2. The molecule has 0 radical (unpaired) electrons. The molecule has 1 N–H and O–H groups in total. The first kappa shape index (κ1) is 19.3. The molecular formula is C23H28N4O2. The lowest BCUT2D eigenvalue weighted by atomic mass is 10.1. The van der Waals surface area contributed by atoms with Gasteiger partial charge in [0.1, 0.15) is 0 Å². The Balaban J connectivity index is 1.64. The Bertz CT molecular complexity index is 1080. The molecule has 0 atom stereocenters. The third-order valence-corrected chi connectivity index (χ3v) is 5.84. The highest BCUT2D eigenvalue weighted by Crippen LogP contribution is 2.33. The van der Waals surface area contributed by atoms with Crippen LogP contribution in [-0.4, -0.2) is 28.1 Å². The van der Waals surface area contributed by atoms with Crippen LogP contribution in [0.25, 0.3) is 11.0 Å². The summed E-state index contributed by atoms with van der Waals surface area (Å²) in [5, 5.41) is 3.12. The van der Waals surface area contributed by atoms with Gasteiger partial charge in [-0.15, -0.1) is 0 Å². The van der Waals surface area contributed by atoms with E-state index in [1.54, 1.807) is 23.2 Å². The number of fused-ring (bicyclic) bond motifs is 1. The maximum absolute atomic E-state index is 12.7. The first-order valence-corrected chi connectivity index (χ1v) is 10.3. The van der Waals surface area contributed by atoms with E-state index in [1.165, 1.54) is 6.42 Å². The number of imidazole rings is 1. The Morgan fingerprint density at radius 2 is 1.62 bits per heavy atom. The molecule has 6 heteroatoms. The SMILES string of the molecule is Cn1c(=O)n(C)c2cc(N3CCCCC3)c(NC(=O)CCc3ccccc3)cc21. The Morgan fingerprint density at radius 3 is 2.31 bits per heavy atom. The lowest BCUT2D eigenvalue weighted by Crippen LogP contribution is -2.30. The van der Waals surface area contributed by atoms with Crippen LogP contribution in [0.5, 0.6) is 0 Å².